The second-order valence-electron chi connectivity index (χ2n) is 4.66. The topological polar surface area (TPSA) is 101 Å². The minimum absolute atomic E-state index is 0.0552. The van der Waals surface area contributed by atoms with Gasteiger partial charge < -0.3 is 10.4 Å². The lowest BCUT2D eigenvalue weighted by molar-refractivity contribution is -0.139. The van der Waals surface area contributed by atoms with Crippen molar-refractivity contribution in [1.82, 2.24) is 15.1 Å². The van der Waals surface area contributed by atoms with Gasteiger partial charge in [0.1, 0.15) is 11.6 Å². The highest BCUT2D eigenvalue weighted by molar-refractivity contribution is 7.98. The van der Waals surface area contributed by atoms with Crippen LogP contribution in [0.5, 0.6) is 0 Å². The predicted octanol–water partition coefficient (Wildman–Crippen LogP) is 0.333. The number of nitrogens with zero attached hydrogens (tertiary/aromatic N) is 2. The standard InChI is InChI=1S/C13H19N3O4S/c1-7-8(2)15-16(3)12(18)10(7)11(17)14-9(13(19)20)5-6-21-4/h9H,5-6H2,1-4H3,(H,14,17)(H,19,20)/t9-/m1/s1. The Kier molecular flexibility index (Phi) is 5.95. The fourth-order valence-electron chi connectivity index (χ4n) is 1.84. The molecule has 0 aliphatic heterocycles. The van der Waals surface area contributed by atoms with Gasteiger partial charge in [0.25, 0.3) is 11.5 Å². The fourth-order valence-corrected chi connectivity index (χ4v) is 2.31. The molecule has 0 aliphatic rings. The summed E-state index contributed by atoms with van der Waals surface area (Å²) in [6, 6.07) is -1.01. The maximum atomic E-state index is 12.2. The van der Waals surface area contributed by atoms with Crippen molar-refractivity contribution >= 4 is 23.6 Å². The number of carbonyl (C=O) groups excluding carboxylic acids is 1. The minimum Gasteiger partial charge on any atom is -0.480 e. The molecule has 1 aromatic heterocycles. The summed E-state index contributed by atoms with van der Waals surface area (Å²) in [7, 11) is 1.45. The fraction of sp³-hybridized carbons (Fsp3) is 0.538. The number of aliphatic carboxylic acids is 1. The van der Waals surface area contributed by atoms with Crippen LogP contribution in [0.1, 0.15) is 28.0 Å². The molecule has 0 aromatic carbocycles. The monoisotopic (exact) mass is 313 g/mol. The number of amides is 1. The van der Waals surface area contributed by atoms with Crippen LogP contribution in [-0.2, 0) is 11.8 Å². The number of carboxylic acids is 1. The van der Waals surface area contributed by atoms with E-state index in [0.717, 1.165) is 4.68 Å². The first-order chi connectivity index (χ1) is 9.79. The van der Waals surface area contributed by atoms with Crippen LogP contribution in [0.4, 0.5) is 0 Å². The van der Waals surface area contributed by atoms with Crippen molar-refractivity contribution in [3.63, 3.8) is 0 Å². The van der Waals surface area contributed by atoms with Gasteiger partial charge in [0, 0.05) is 7.05 Å². The number of aromatic nitrogens is 2. The lowest BCUT2D eigenvalue weighted by atomic mass is 10.1. The average molecular weight is 313 g/mol. The molecule has 1 amide bonds. The van der Waals surface area contributed by atoms with E-state index in [1.54, 1.807) is 13.8 Å². The third-order valence-electron chi connectivity index (χ3n) is 3.17. The third-order valence-corrected chi connectivity index (χ3v) is 3.81. The first kappa shape index (κ1) is 17.2. The Labute approximate surface area is 126 Å². The lowest BCUT2D eigenvalue weighted by Gasteiger charge is -2.15. The van der Waals surface area contributed by atoms with E-state index < -0.39 is 23.5 Å². The number of hydrogen-bond acceptors (Lipinski definition) is 5. The Morgan fingerprint density at radius 2 is 2.05 bits per heavy atom. The number of rotatable bonds is 6. The van der Waals surface area contributed by atoms with Crippen molar-refractivity contribution in [2.24, 2.45) is 7.05 Å². The Hall–Kier alpha value is -1.83. The molecule has 0 unspecified atom stereocenters. The van der Waals surface area contributed by atoms with Crippen molar-refractivity contribution in [3.8, 4) is 0 Å². The first-order valence-electron chi connectivity index (χ1n) is 6.36. The van der Waals surface area contributed by atoms with E-state index in [2.05, 4.69) is 10.4 Å². The van der Waals surface area contributed by atoms with E-state index in [9.17, 15) is 14.4 Å². The van der Waals surface area contributed by atoms with Gasteiger partial charge >= 0.3 is 5.97 Å². The summed E-state index contributed by atoms with van der Waals surface area (Å²) in [5, 5.41) is 15.5. The molecule has 0 saturated carbocycles. The Balaban J connectivity index is 3.09. The molecule has 0 aliphatic carbocycles. The summed E-state index contributed by atoms with van der Waals surface area (Å²) in [5.74, 6) is -1.19. The quantitative estimate of drug-likeness (QED) is 0.785. The number of thioether (sulfide) groups is 1. The van der Waals surface area contributed by atoms with Crippen molar-refractivity contribution in [1.29, 1.82) is 0 Å². The zero-order valence-electron chi connectivity index (χ0n) is 12.5. The molecule has 0 spiro atoms. The van der Waals surface area contributed by atoms with Crippen LogP contribution in [0.3, 0.4) is 0 Å². The zero-order chi connectivity index (χ0) is 16.2. The Morgan fingerprint density at radius 1 is 1.43 bits per heavy atom. The molecule has 116 valence electrons. The van der Waals surface area contributed by atoms with Gasteiger partial charge in [-0.3, -0.25) is 9.59 Å². The van der Waals surface area contributed by atoms with Crippen LogP contribution >= 0.6 is 11.8 Å². The number of nitrogens with one attached hydrogen (secondary N) is 1. The molecule has 21 heavy (non-hydrogen) atoms. The molecular formula is C13H19N3O4S. The molecule has 0 radical (unpaired) electrons. The second kappa shape index (κ2) is 7.26. The number of carboxylic acid groups (broad SMARTS) is 1. The Bertz CT molecular complexity index is 612. The van der Waals surface area contributed by atoms with Crippen LogP contribution in [0.2, 0.25) is 0 Å². The summed E-state index contributed by atoms with van der Waals surface area (Å²) < 4.78 is 1.08. The van der Waals surface area contributed by atoms with E-state index in [0.29, 0.717) is 23.4 Å². The molecule has 0 bridgehead atoms. The molecule has 8 heteroatoms. The van der Waals surface area contributed by atoms with Crippen molar-refractivity contribution in [2.75, 3.05) is 12.0 Å². The Morgan fingerprint density at radius 3 is 2.57 bits per heavy atom. The van der Waals surface area contributed by atoms with Crippen LogP contribution in [0.25, 0.3) is 0 Å². The van der Waals surface area contributed by atoms with E-state index in [1.165, 1.54) is 18.8 Å². The van der Waals surface area contributed by atoms with Gasteiger partial charge in [-0.25, -0.2) is 9.48 Å². The SMILES string of the molecule is CSCC[C@@H](NC(=O)c1c(C)c(C)nn(C)c1=O)C(=O)O. The minimum atomic E-state index is -1.11. The normalized spacial score (nSPS) is 12.0. The largest absolute Gasteiger partial charge is 0.480 e. The smallest absolute Gasteiger partial charge is 0.326 e. The van der Waals surface area contributed by atoms with Gasteiger partial charge in [-0.2, -0.15) is 16.9 Å². The van der Waals surface area contributed by atoms with Gasteiger partial charge in [-0.1, -0.05) is 0 Å². The van der Waals surface area contributed by atoms with E-state index >= 15 is 0 Å². The number of carbonyl (C=O) groups is 2. The summed E-state index contributed by atoms with van der Waals surface area (Å²) >= 11 is 1.49. The molecule has 7 nitrogen and oxygen atoms in total. The van der Waals surface area contributed by atoms with Gasteiger partial charge in [0.2, 0.25) is 0 Å². The lowest BCUT2D eigenvalue weighted by Crippen LogP contribution is -2.44. The summed E-state index contributed by atoms with van der Waals surface area (Å²) in [5.41, 5.74) is 0.424. The molecular weight excluding hydrogens is 294 g/mol. The summed E-state index contributed by atoms with van der Waals surface area (Å²) in [6.45, 7) is 3.31. The highest BCUT2D eigenvalue weighted by Gasteiger charge is 2.24. The van der Waals surface area contributed by atoms with Gasteiger partial charge in [0.15, 0.2) is 0 Å². The summed E-state index contributed by atoms with van der Waals surface area (Å²) in [6.07, 6.45) is 2.15. The highest BCUT2D eigenvalue weighted by Crippen LogP contribution is 2.07. The molecule has 1 rings (SSSR count). The van der Waals surface area contributed by atoms with Crippen LogP contribution < -0.4 is 10.9 Å². The first-order valence-corrected chi connectivity index (χ1v) is 7.76. The van der Waals surface area contributed by atoms with E-state index in [-0.39, 0.29) is 5.56 Å². The maximum Gasteiger partial charge on any atom is 0.326 e. The van der Waals surface area contributed by atoms with Gasteiger partial charge in [-0.05, 0) is 37.8 Å². The van der Waals surface area contributed by atoms with Crippen molar-refractivity contribution in [2.45, 2.75) is 26.3 Å². The molecule has 1 aromatic rings. The number of aryl methyl sites for hydroxylation is 2. The highest BCUT2D eigenvalue weighted by atomic mass is 32.2. The molecule has 1 atom stereocenters. The molecule has 0 fully saturated rings. The van der Waals surface area contributed by atoms with Crippen molar-refractivity contribution < 1.29 is 14.7 Å². The zero-order valence-corrected chi connectivity index (χ0v) is 13.3. The van der Waals surface area contributed by atoms with Crippen LogP contribution in [0, 0.1) is 13.8 Å². The number of hydrogen-bond donors (Lipinski definition) is 2. The average Bonchev–Trinajstić information content (AvgIpc) is 2.41. The maximum absolute atomic E-state index is 12.2. The van der Waals surface area contributed by atoms with E-state index in [1.807, 2.05) is 6.26 Å². The molecule has 2 N–H and O–H groups in total. The van der Waals surface area contributed by atoms with Gasteiger partial charge in [-0.15, -0.1) is 0 Å². The second-order valence-corrected chi connectivity index (χ2v) is 5.65. The van der Waals surface area contributed by atoms with Gasteiger partial charge in [0.05, 0.1) is 5.69 Å². The predicted molar refractivity (Wildman–Crippen MR) is 80.8 cm³/mol. The van der Waals surface area contributed by atoms with Crippen LogP contribution in [0.15, 0.2) is 4.79 Å². The molecule has 1 heterocycles. The van der Waals surface area contributed by atoms with Crippen molar-refractivity contribution in [3.05, 3.63) is 27.2 Å². The van der Waals surface area contributed by atoms with Crippen LogP contribution in [-0.4, -0.2) is 44.8 Å². The third kappa shape index (κ3) is 4.07. The summed E-state index contributed by atoms with van der Waals surface area (Å²) in [4.78, 5) is 35.4. The molecule has 0 saturated heterocycles. The van der Waals surface area contributed by atoms with E-state index in [4.69, 9.17) is 5.11 Å².